The van der Waals surface area contributed by atoms with Crippen LogP contribution in [0.25, 0.3) is 17.1 Å². The van der Waals surface area contributed by atoms with Crippen LogP contribution in [-0.2, 0) is 13.2 Å². The molecule has 0 unspecified atom stereocenters. The zero-order valence-corrected chi connectivity index (χ0v) is 11.0. The molecule has 3 heterocycles. The minimum Gasteiger partial charge on any atom is -0.388 e. The van der Waals surface area contributed by atoms with E-state index < -0.39 is 0 Å². The van der Waals surface area contributed by atoms with Crippen molar-refractivity contribution in [1.29, 1.82) is 0 Å². The molecular weight excluding hydrogens is 254 g/mol. The van der Waals surface area contributed by atoms with Crippen molar-refractivity contribution in [3.8, 4) is 17.1 Å². The van der Waals surface area contributed by atoms with Crippen molar-refractivity contribution in [2.24, 2.45) is 0 Å². The van der Waals surface area contributed by atoms with Crippen LogP contribution < -0.4 is 0 Å². The molecule has 0 aliphatic carbocycles. The van der Waals surface area contributed by atoms with Crippen molar-refractivity contribution in [2.45, 2.75) is 20.1 Å². The maximum absolute atomic E-state index is 9.26. The molecule has 100 valence electrons. The third-order valence-corrected chi connectivity index (χ3v) is 3.64. The third-order valence-electron chi connectivity index (χ3n) is 3.64. The first-order valence-electron chi connectivity index (χ1n) is 6.45. The van der Waals surface area contributed by atoms with Gasteiger partial charge in [0.2, 0.25) is 0 Å². The quantitative estimate of drug-likeness (QED) is 0.564. The molecule has 2 aromatic heterocycles. The van der Waals surface area contributed by atoms with Crippen LogP contribution >= 0.6 is 0 Å². The summed E-state index contributed by atoms with van der Waals surface area (Å²) in [4.78, 5) is 8.82. The lowest BCUT2D eigenvalue weighted by Crippen LogP contribution is -2.06. The first-order chi connectivity index (χ1) is 9.78. The van der Waals surface area contributed by atoms with Gasteiger partial charge in [-0.25, -0.2) is 14.6 Å². The molecule has 0 spiro atoms. The number of aromatic nitrogens is 5. The second kappa shape index (κ2) is 4.01. The van der Waals surface area contributed by atoms with E-state index in [1.54, 1.807) is 0 Å². The van der Waals surface area contributed by atoms with E-state index >= 15 is 0 Å². The lowest BCUT2D eigenvalue weighted by molar-refractivity contribution is 0.270. The minimum absolute atomic E-state index is 0.152. The normalized spacial score (nSPS) is 12.5. The van der Waals surface area contributed by atoms with Crippen molar-refractivity contribution < 1.29 is 5.11 Å². The Hall–Kier alpha value is -2.47. The molecule has 0 fully saturated rings. The van der Waals surface area contributed by atoms with Gasteiger partial charge < -0.3 is 9.67 Å². The molecule has 1 aromatic carbocycles. The number of hydrogen-bond donors (Lipinski definition) is 1. The fourth-order valence-corrected chi connectivity index (χ4v) is 2.64. The Morgan fingerprint density at radius 2 is 2.15 bits per heavy atom. The highest BCUT2D eigenvalue weighted by Gasteiger charge is 2.23. The van der Waals surface area contributed by atoms with Gasteiger partial charge >= 0.3 is 0 Å². The second-order valence-electron chi connectivity index (χ2n) is 4.83. The van der Waals surface area contributed by atoms with Crippen molar-refractivity contribution in [3.63, 3.8) is 0 Å². The molecule has 4 rings (SSSR count). The topological polar surface area (TPSA) is 68.8 Å². The van der Waals surface area contributed by atoms with E-state index in [0.29, 0.717) is 12.4 Å². The summed E-state index contributed by atoms with van der Waals surface area (Å²) in [6, 6.07) is 8.03. The van der Waals surface area contributed by atoms with Crippen LogP contribution in [0, 0.1) is 6.92 Å². The zero-order valence-electron chi connectivity index (χ0n) is 11.0. The molecule has 1 aliphatic rings. The highest BCUT2D eigenvalue weighted by Crippen LogP contribution is 2.30. The molecule has 3 aromatic rings. The van der Waals surface area contributed by atoms with Crippen molar-refractivity contribution in [1.82, 2.24) is 24.3 Å². The fourth-order valence-electron chi connectivity index (χ4n) is 2.64. The number of para-hydroxylation sites is 1. The smallest absolute Gasteiger partial charge is 0.176 e. The highest BCUT2D eigenvalue weighted by molar-refractivity contribution is 5.69. The lowest BCUT2D eigenvalue weighted by Gasteiger charge is -2.07. The highest BCUT2D eigenvalue weighted by atomic mass is 16.3. The van der Waals surface area contributed by atoms with Crippen molar-refractivity contribution in [2.75, 3.05) is 0 Å². The molecule has 0 radical (unpaired) electrons. The van der Waals surface area contributed by atoms with Crippen LogP contribution in [0.15, 0.2) is 30.6 Å². The Morgan fingerprint density at radius 3 is 3.00 bits per heavy atom. The van der Waals surface area contributed by atoms with Gasteiger partial charge in [0.15, 0.2) is 11.6 Å². The van der Waals surface area contributed by atoms with E-state index in [-0.39, 0.29) is 6.61 Å². The first-order valence-corrected chi connectivity index (χ1v) is 6.45. The maximum atomic E-state index is 9.26. The molecule has 0 saturated carbocycles. The summed E-state index contributed by atoms with van der Waals surface area (Å²) in [7, 11) is 0. The van der Waals surface area contributed by atoms with Crippen LogP contribution in [0.5, 0.6) is 0 Å². The average molecular weight is 267 g/mol. The molecule has 6 nitrogen and oxygen atoms in total. The van der Waals surface area contributed by atoms with Gasteiger partial charge in [0.1, 0.15) is 6.61 Å². The zero-order chi connectivity index (χ0) is 13.7. The molecule has 1 N–H and O–H groups in total. The van der Waals surface area contributed by atoms with Gasteiger partial charge in [-0.3, -0.25) is 0 Å². The van der Waals surface area contributed by atoms with Gasteiger partial charge in [0.25, 0.3) is 0 Å². The number of rotatable bonds is 1. The van der Waals surface area contributed by atoms with Gasteiger partial charge in [-0.1, -0.05) is 12.1 Å². The van der Waals surface area contributed by atoms with E-state index in [9.17, 15) is 5.11 Å². The monoisotopic (exact) mass is 267 g/mol. The van der Waals surface area contributed by atoms with Gasteiger partial charge in [-0.05, 0) is 19.1 Å². The Labute approximate surface area is 115 Å². The summed E-state index contributed by atoms with van der Waals surface area (Å²) in [6.45, 7) is 2.44. The van der Waals surface area contributed by atoms with Gasteiger partial charge in [-0.15, -0.1) is 0 Å². The van der Waals surface area contributed by atoms with Crippen LogP contribution in [0.2, 0.25) is 0 Å². The summed E-state index contributed by atoms with van der Waals surface area (Å²) in [5, 5.41) is 13.6. The van der Waals surface area contributed by atoms with Crippen LogP contribution in [-0.4, -0.2) is 29.4 Å². The van der Waals surface area contributed by atoms with Crippen LogP contribution in [0.3, 0.4) is 0 Å². The molecule has 0 bridgehead atoms. The molecule has 20 heavy (non-hydrogen) atoms. The fraction of sp³-hybridized carbons (Fsp3) is 0.214. The number of imidazole rings is 1. The summed E-state index contributed by atoms with van der Waals surface area (Å²) in [5.41, 5.74) is 4.11. The first kappa shape index (κ1) is 11.4. The van der Waals surface area contributed by atoms with Gasteiger partial charge in [0.05, 0.1) is 29.9 Å². The number of aryl methyl sites for hydroxylation is 1. The van der Waals surface area contributed by atoms with Gasteiger partial charge in [-0.2, -0.15) is 5.10 Å². The van der Waals surface area contributed by atoms with E-state index in [0.717, 1.165) is 28.5 Å². The van der Waals surface area contributed by atoms with Crippen LogP contribution in [0.1, 0.15) is 17.2 Å². The average Bonchev–Trinajstić information content (AvgIpc) is 3.01. The molecular formula is C14H13N5O. The van der Waals surface area contributed by atoms with E-state index in [4.69, 9.17) is 0 Å². The van der Waals surface area contributed by atoms with Crippen LogP contribution in [0.4, 0.5) is 0 Å². The summed E-state index contributed by atoms with van der Waals surface area (Å²) < 4.78 is 3.91. The maximum Gasteiger partial charge on any atom is 0.176 e. The Balaban J connectivity index is 2.07. The number of benzene rings is 1. The third kappa shape index (κ3) is 1.45. The Bertz CT molecular complexity index is 802. The molecule has 1 aliphatic heterocycles. The molecule has 0 atom stereocenters. The summed E-state index contributed by atoms with van der Waals surface area (Å²) >= 11 is 0. The number of hydrogen-bond acceptors (Lipinski definition) is 4. The number of aliphatic hydroxyl groups is 1. The number of nitrogens with zero attached hydrogens (tertiary/aromatic N) is 5. The van der Waals surface area contributed by atoms with E-state index in [1.165, 1.54) is 0 Å². The molecule has 6 heteroatoms. The van der Waals surface area contributed by atoms with Gasteiger partial charge in [0, 0.05) is 5.56 Å². The predicted octanol–water partition coefficient (Wildman–Crippen LogP) is 1.29. The number of aliphatic hydroxyl groups excluding tert-OH is 1. The molecule has 0 amide bonds. The van der Waals surface area contributed by atoms with E-state index in [1.807, 2.05) is 42.2 Å². The lowest BCUT2D eigenvalue weighted by atomic mass is 10.1. The SMILES string of the molecule is Cc1ncn2c1Cn1nc(CO)nc1-c1ccccc1-2. The largest absolute Gasteiger partial charge is 0.388 e. The summed E-state index contributed by atoms with van der Waals surface area (Å²) in [5.74, 6) is 1.23. The second-order valence-corrected chi connectivity index (χ2v) is 4.83. The Morgan fingerprint density at radius 1 is 1.30 bits per heavy atom. The predicted molar refractivity (Wildman–Crippen MR) is 72.3 cm³/mol. The summed E-state index contributed by atoms with van der Waals surface area (Å²) in [6.07, 6.45) is 1.84. The van der Waals surface area contributed by atoms with Crippen molar-refractivity contribution >= 4 is 0 Å². The Kier molecular flexibility index (Phi) is 2.28. The molecule has 0 saturated heterocycles. The van der Waals surface area contributed by atoms with Crippen molar-refractivity contribution in [3.05, 3.63) is 47.8 Å². The van der Waals surface area contributed by atoms with E-state index in [2.05, 4.69) is 19.6 Å². The standard InChI is InChI=1S/C14H13N5O/c1-9-12-6-19-14(16-13(7-20)17-19)10-4-2-3-5-11(10)18(12)8-15-9/h2-5,8,20H,6-7H2,1H3. The number of fused-ring (bicyclic) bond motifs is 5. The minimum atomic E-state index is -0.152.